The van der Waals surface area contributed by atoms with Crippen LogP contribution >= 0.6 is 0 Å². The van der Waals surface area contributed by atoms with Gasteiger partial charge in [0, 0.05) is 13.1 Å². The number of para-hydroxylation sites is 1. The Kier molecular flexibility index (Phi) is 4.59. The van der Waals surface area contributed by atoms with Gasteiger partial charge in [-0.05, 0) is 32.0 Å². The highest BCUT2D eigenvalue weighted by Gasteiger charge is 2.29. The number of amides is 1. The standard InChI is InChI=1S/C14H20N2O2/c1-15-13-8-10-16(14(13)17)9-5-11-18-12-6-3-2-4-7-12/h2-4,6-7,13,15H,5,8-11H2,1H3. The second-order valence-corrected chi connectivity index (χ2v) is 4.47. The molecule has 0 saturated carbocycles. The Hall–Kier alpha value is -1.55. The summed E-state index contributed by atoms with van der Waals surface area (Å²) in [6.45, 7) is 2.29. The number of carbonyl (C=O) groups is 1. The van der Waals surface area contributed by atoms with Crippen molar-refractivity contribution in [3.8, 4) is 5.75 Å². The maximum absolute atomic E-state index is 11.8. The van der Waals surface area contributed by atoms with Crippen LogP contribution in [0.15, 0.2) is 30.3 Å². The van der Waals surface area contributed by atoms with Gasteiger partial charge in [-0.3, -0.25) is 4.79 Å². The van der Waals surface area contributed by atoms with E-state index in [9.17, 15) is 4.79 Å². The summed E-state index contributed by atoms with van der Waals surface area (Å²) in [5.74, 6) is 1.11. The van der Waals surface area contributed by atoms with E-state index in [0.29, 0.717) is 6.61 Å². The third-order valence-electron chi connectivity index (χ3n) is 3.23. The van der Waals surface area contributed by atoms with E-state index in [4.69, 9.17) is 4.74 Å². The Bertz CT molecular complexity index is 381. The van der Waals surface area contributed by atoms with Crippen molar-refractivity contribution in [2.75, 3.05) is 26.7 Å². The normalized spacial score (nSPS) is 19.3. The molecule has 4 heteroatoms. The van der Waals surface area contributed by atoms with Gasteiger partial charge in [0.1, 0.15) is 5.75 Å². The van der Waals surface area contributed by atoms with Crippen molar-refractivity contribution in [2.45, 2.75) is 18.9 Å². The first-order chi connectivity index (χ1) is 8.81. The molecule has 1 aliphatic rings. The molecule has 1 aromatic rings. The monoisotopic (exact) mass is 248 g/mol. The van der Waals surface area contributed by atoms with Crippen molar-refractivity contribution >= 4 is 5.91 Å². The van der Waals surface area contributed by atoms with Crippen molar-refractivity contribution in [2.24, 2.45) is 0 Å². The molecule has 1 fully saturated rings. The molecule has 4 nitrogen and oxygen atoms in total. The van der Waals surface area contributed by atoms with Gasteiger partial charge >= 0.3 is 0 Å². The second kappa shape index (κ2) is 6.40. The number of nitrogens with zero attached hydrogens (tertiary/aromatic N) is 1. The zero-order valence-electron chi connectivity index (χ0n) is 10.8. The minimum atomic E-state index is 0.0139. The van der Waals surface area contributed by atoms with E-state index in [1.165, 1.54) is 0 Å². The molecule has 0 radical (unpaired) electrons. The molecule has 18 heavy (non-hydrogen) atoms. The van der Waals surface area contributed by atoms with Crippen LogP contribution in [0, 0.1) is 0 Å². The maximum Gasteiger partial charge on any atom is 0.239 e. The Labute approximate surface area is 108 Å². The average molecular weight is 248 g/mol. The van der Waals surface area contributed by atoms with Crippen LogP contribution in [0.5, 0.6) is 5.75 Å². The molecule has 1 saturated heterocycles. The fraction of sp³-hybridized carbons (Fsp3) is 0.500. The highest BCUT2D eigenvalue weighted by molar-refractivity contribution is 5.83. The van der Waals surface area contributed by atoms with Gasteiger partial charge in [0.25, 0.3) is 0 Å². The fourth-order valence-electron chi connectivity index (χ4n) is 2.19. The van der Waals surface area contributed by atoms with E-state index in [-0.39, 0.29) is 11.9 Å². The lowest BCUT2D eigenvalue weighted by molar-refractivity contribution is -0.129. The quantitative estimate of drug-likeness (QED) is 0.771. The number of carbonyl (C=O) groups excluding carboxylic acids is 1. The van der Waals surface area contributed by atoms with Crippen molar-refractivity contribution in [1.82, 2.24) is 10.2 Å². The van der Waals surface area contributed by atoms with Crippen LogP contribution in [0.2, 0.25) is 0 Å². The highest BCUT2D eigenvalue weighted by atomic mass is 16.5. The van der Waals surface area contributed by atoms with Gasteiger partial charge in [-0.25, -0.2) is 0 Å². The molecule has 98 valence electrons. The molecule has 2 rings (SSSR count). The molecule has 0 aromatic heterocycles. The molecule has 1 unspecified atom stereocenters. The lowest BCUT2D eigenvalue weighted by Crippen LogP contribution is -2.36. The minimum Gasteiger partial charge on any atom is -0.494 e. The van der Waals surface area contributed by atoms with E-state index in [2.05, 4.69) is 5.32 Å². The number of likely N-dealkylation sites (tertiary alicyclic amines) is 1. The second-order valence-electron chi connectivity index (χ2n) is 4.47. The maximum atomic E-state index is 11.8. The first kappa shape index (κ1) is 12.9. The van der Waals surface area contributed by atoms with Crippen LogP contribution in [0.1, 0.15) is 12.8 Å². The molecule has 0 spiro atoms. The average Bonchev–Trinajstić information content (AvgIpc) is 2.77. The predicted octanol–water partition coefficient (Wildman–Crippen LogP) is 1.28. The summed E-state index contributed by atoms with van der Waals surface area (Å²) in [4.78, 5) is 13.7. The molecule has 1 atom stereocenters. The topological polar surface area (TPSA) is 41.6 Å². The zero-order chi connectivity index (χ0) is 12.8. The van der Waals surface area contributed by atoms with Crippen LogP contribution in [0.4, 0.5) is 0 Å². The van der Waals surface area contributed by atoms with Crippen molar-refractivity contribution < 1.29 is 9.53 Å². The molecule has 1 N–H and O–H groups in total. The summed E-state index contributed by atoms with van der Waals surface area (Å²) in [5.41, 5.74) is 0. The van der Waals surface area contributed by atoms with Crippen LogP contribution in [-0.2, 0) is 4.79 Å². The van der Waals surface area contributed by atoms with Crippen molar-refractivity contribution in [3.63, 3.8) is 0 Å². The summed E-state index contributed by atoms with van der Waals surface area (Å²) in [7, 11) is 1.84. The van der Waals surface area contributed by atoms with Gasteiger partial charge < -0.3 is 15.0 Å². The van der Waals surface area contributed by atoms with E-state index in [1.807, 2.05) is 42.3 Å². The summed E-state index contributed by atoms with van der Waals surface area (Å²) < 4.78 is 5.60. The zero-order valence-corrected chi connectivity index (χ0v) is 10.8. The number of hydrogen-bond acceptors (Lipinski definition) is 3. The lowest BCUT2D eigenvalue weighted by Gasteiger charge is -2.16. The van der Waals surface area contributed by atoms with Crippen molar-refractivity contribution in [1.29, 1.82) is 0 Å². The summed E-state index contributed by atoms with van der Waals surface area (Å²) in [6.07, 6.45) is 1.78. The lowest BCUT2D eigenvalue weighted by atomic mass is 10.3. The smallest absolute Gasteiger partial charge is 0.239 e. The Morgan fingerprint density at radius 3 is 2.83 bits per heavy atom. The van der Waals surface area contributed by atoms with Gasteiger partial charge in [-0.15, -0.1) is 0 Å². The van der Waals surface area contributed by atoms with Crippen molar-refractivity contribution in [3.05, 3.63) is 30.3 Å². The SMILES string of the molecule is CNC1CCN(CCCOc2ccccc2)C1=O. The van der Waals surface area contributed by atoms with Crippen LogP contribution < -0.4 is 10.1 Å². The molecule has 1 aromatic carbocycles. The predicted molar refractivity (Wildman–Crippen MR) is 70.6 cm³/mol. The Morgan fingerprint density at radius 2 is 2.17 bits per heavy atom. The van der Waals surface area contributed by atoms with Gasteiger partial charge in [0.15, 0.2) is 0 Å². The number of rotatable bonds is 6. The third kappa shape index (κ3) is 3.23. The molecule has 0 bridgehead atoms. The molecule has 1 heterocycles. The van der Waals surface area contributed by atoms with Crippen LogP contribution in [0.25, 0.3) is 0 Å². The largest absolute Gasteiger partial charge is 0.494 e. The van der Waals surface area contributed by atoms with Crippen LogP contribution in [0.3, 0.4) is 0 Å². The first-order valence-electron chi connectivity index (χ1n) is 6.45. The summed E-state index contributed by atoms with van der Waals surface area (Å²) in [6, 6.07) is 9.78. The summed E-state index contributed by atoms with van der Waals surface area (Å²) in [5, 5.41) is 3.04. The number of benzene rings is 1. The molecular formula is C14H20N2O2. The number of nitrogens with one attached hydrogen (secondary N) is 1. The van der Waals surface area contributed by atoms with Gasteiger partial charge in [0.2, 0.25) is 5.91 Å². The number of hydrogen-bond donors (Lipinski definition) is 1. The van der Waals surface area contributed by atoms with Gasteiger partial charge in [-0.2, -0.15) is 0 Å². The van der Waals surface area contributed by atoms with E-state index >= 15 is 0 Å². The Balaban J connectivity index is 1.66. The van der Waals surface area contributed by atoms with E-state index < -0.39 is 0 Å². The Morgan fingerprint density at radius 1 is 1.39 bits per heavy atom. The third-order valence-corrected chi connectivity index (χ3v) is 3.23. The minimum absolute atomic E-state index is 0.0139. The fourth-order valence-corrected chi connectivity index (χ4v) is 2.19. The van der Waals surface area contributed by atoms with Gasteiger partial charge in [0.05, 0.1) is 12.6 Å². The first-order valence-corrected chi connectivity index (χ1v) is 6.45. The molecule has 1 aliphatic heterocycles. The molecular weight excluding hydrogens is 228 g/mol. The molecule has 1 amide bonds. The number of likely N-dealkylation sites (N-methyl/N-ethyl adjacent to an activating group) is 1. The molecule has 0 aliphatic carbocycles. The summed E-state index contributed by atoms with van der Waals surface area (Å²) >= 11 is 0. The van der Waals surface area contributed by atoms with Gasteiger partial charge in [-0.1, -0.05) is 18.2 Å². The van der Waals surface area contributed by atoms with Crippen LogP contribution in [-0.4, -0.2) is 43.6 Å². The number of ether oxygens (including phenoxy) is 1. The van der Waals surface area contributed by atoms with E-state index in [0.717, 1.165) is 31.7 Å². The highest BCUT2D eigenvalue weighted by Crippen LogP contribution is 2.12. The van der Waals surface area contributed by atoms with E-state index in [1.54, 1.807) is 0 Å².